The maximum atomic E-state index is 12.7. The molecule has 0 atom stereocenters. The minimum atomic E-state index is -0.302. The van der Waals surface area contributed by atoms with E-state index < -0.39 is 0 Å². The molecule has 3 heterocycles. The van der Waals surface area contributed by atoms with Gasteiger partial charge in [0.25, 0.3) is 11.5 Å². The smallest absolute Gasteiger partial charge is 0.289 e. The summed E-state index contributed by atoms with van der Waals surface area (Å²) in [4.78, 5) is 45.2. The van der Waals surface area contributed by atoms with Crippen molar-refractivity contribution < 1.29 is 18.7 Å². The van der Waals surface area contributed by atoms with Crippen LogP contribution in [0.2, 0.25) is 0 Å². The summed E-state index contributed by atoms with van der Waals surface area (Å²) in [6, 6.07) is 12.0. The number of piperazine rings is 1. The fourth-order valence-electron chi connectivity index (χ4n) is 3.55. The molecule has 32 heavy (non-hydrogen) atoms. The number of aromatic nitrogens is 2. The van der Waals surface area contributed by atoms with Gasteiger partial charge in [-0.05, 0) is 43.3 Å². The highest BCUT2D eigenvalue weighted by molar-refractivity contribution is 5.91. The van der Waals surface area contributed by atoms with Crippen LogP contribution in [0.25, 0.3) is 11.3 Å². The van der Waals surface area contributed by atoms with Crippen LogP contribution in [-0.4, -0.2) is 64.0 Å². The molecular weight excluding hydrogens is 412 g/mol. The molecule has 0 aliphatic carbocycles. The number of rotatable bonds is 6. The second-order valence-electron chi connectivity index (χ2n) is 7.35. The van der Waals surface area contributed by atoms with Crippen LogP contribution in [0.15, 0.2) is 64.3 Å². The highest BCUT2D eigenvalue weighted by Gasteiger charge is 2.26. The summed E-state index contributed by atoms with van der Waals surface area (Å²) in [5.74, 6) is 0.663. The highest BCUT2D eigenvalue weighted by atomic mass is 16.5. The van der Waals surface area contributed by atoms with E-state index in [1.807, 2.05) is 31.2 Å². The van der Waals surface area contributed by atoms with Crippen molar-refractivity contribution in [1.29, 1.82) is 0 Å². The number of carbonyl (C=O) groups is 2. The molecule has 9 heteroatoms. The number of hydrogen-bond acceptors (Lipinski definition) is 6. The normalized spacial score (nSPS) is 13.8. The van der Waals surface area contributed by atoms with Gasteiger partial charge in [0.15, 0.2) is 5.76 Å². The van der Waals surface area contributed by atoms with Crippen LogP contribution in [-0.2, 0) is 11.3 Å². The molecule has 1 aromatic carbocycles. The highest BCUT2D eigenvalue weighted by Crippen LogP contribution is 2.19. The standard InChI is InChI=1S/C23H24N4O5/c1-2-31-18-7-5-17(6-8-18)19-14-21(28)27(16-24-19)15-22(29)25-9-11-26(12-10-25)23(30)20-4-3-13-32-20/h3-8,13-14,16H,2,9-12,15H2,1H3. The van der Waals surface area contributed by atoms with E-state index in [1.54, 1.807) is 21.9 Å². The Morgan fingerprint density at radius 1 is 1.06 bits per heavy atom. The SMILES string of the molecule is CCOc1ccc(-c2cc(=O)n(CC(=O)N3CCN(C(=O)c4ccco4)CC3)cn2)cc1. The van der Waals surface area contributed by atoms with Gasteiger partial charge < -0.3 is 19.0 Å². The number of carbonyl (C=O) groups excluding carboxylic acids is 2. The molecule has 0 unspecified atom stereocenters. The van der Waals surface area contributed by atoms with Gasteiger partial charge in [-0.3, -0.25) is 19.0 Å². The first-order valence-electron chi connectivity index (χ1n) is 10.5. The van der Waals surface area contributed by atoms with Crippen molar-refractivity contribution in [3.8, 4) is 17.0 Å². The minimum Gasteiger partial charge on any atom is -0.494 e. The molecule has 2 amide bonds. The van der Waals surface area contributed by atoms with Gasteiger partial charge in [0, 0.05) is 37.8 Å². The van der Waals surface area contributed by atoms with Gasteiger partial charge in [0.05, 0.1) is 24.9 Å². The fourth-order valence-corrected chi connectivity index (χ4v) is 3.55. The lowest BCUT2D eigenvalue weighted by Gasteiger charge is -2.34. The zero-order valence-electron chi connectivity index (χ0n) is 17.8. The second kappa shape index (κ2) is 9.51. The van der Waals surface area contributed by atoms with Crippen LogP contribution in [0.3, 0.4) is 0 Å². The van der Waals surface area contributed by atoms with Crippen molar-refractivity contribution in [2.75, 3.05) is 32.8 Å². The Morgan fingerprint density at radius 2 is 1.78 bits per heavy atom. The zero-order valence-corrected chi connectivity index (χ0v) is 17.8. The number of furan rings is 1. The predicted molar refractivity (Wildman–Crippen MR) is 116 cm³/mol. The summed E-state index contributed by atoms with van der Waals surface area (Å²) in [6.07, 6.45) is 2.85. The quantitative estimate of drug-likeness (QED) is 0.585. The van der Waals surface area contributed by atoms with E-state index in [0.717, 1.165) is 11.3 Å². The van der Waals surface area contributed by atoms with Crippen LogP contribution in [0.1, 0.15) is 17.5 Å². The Balaban J connectivity index is 1.35. The lowest BCUT2D eigenvalue weighted by molar-refractivity contribution is -0.133. The van der Waals surface area contributed by atoms with Crippen molar-refractivity contribution in [3.05, 3.63) is 71.2 Å². The molecule has 4 rings (SSSR count). The summed E-state index contributed by atoms with van der Waals surface area (Å²) < 4.78 is 11.9. The molecular formula is C23H24N4O5. The van der Waals surface area contributed by atoms with Gasteiger partial charge in [-0.2, -0.15) is 0 Å². The van der Waals surface area contributed by atoms with Gasteiger partial charge in [-0.25, -0.2) is 4.98 Å². The zero-order chi connectivity index (χ0) is 22.5. The second-order valence-corrected chi connectivity index (χ2v) is 7.35. The van der Waals surface area contributed by atoms with Crippen molar-refractivity contribution in [2.45, 2.75) is 13.5 Å². The molecule has 0 radical (unpaired) electrons. The van der Waals surface area contributed by atoms with Crippen molar-refractivity contribution in [2.24, 2.45) is 0 Å². The van der Waals surface area contributed by atoms with Crippen LogP contribution >= 0.6 is 0 Å². The van der Waals surface area contributed by atoms with Gasteiger partial charge in [-0.15, -0.1) is 0 Å². The summed E-state index contributed by atoms with van der Waals surface area (Å²) in [5, 5.41) is 0. The van der Waals surface area contributed by atoms with Crippen LogP contribution in [0.4, 0.5) is 0 Å². The molecule has 0 N–H and O–H groups in total. The Labute approximate surface area is 184 Å². The first-order valence-corrected chi connectivity index (χ1v) is 10.5. The first-order chi connectivity index (χ1) is 15.5. The Kier molecular flexibility index (Phi) is 6.34. The van der Waals surface area contributed by atoms with Crippen LogP contribution in [0.5, 0.6) is 5.75 Å². The summed E-state index contributed by atoms with van der Waals surface area (Å²) in [7, 11) is 0. The van der Waals surface area contributed by atoms with E-state index in [4.69, 9.17) is 9.15 Å². The Bertz CT molecular complexity index is 1130. The summed E-state index contributed by atoms with van der Waals surface area (Å²) in [5.41, 5.74) is 1.03. The third-order valence-corrected chi connectivity index (χ3v) is 5.30. The van der Waals surface area contributed by atoms with Gasteiger partial charge in [-0.1, -0.05) is 0 Å². The van der Waals surface area contributed by atoms with Crippen molar-refractivity contribution in [3.63, 3.8) is 0 Å². The van der Waals surface area contributed by atoms with E-state index in [-0.39, 0.29) is 29.7 Å². The number of ether oxygens (including phenoxy) is 1. The maximum absolute atomic E-state index is 12.7. The molecule has 0 bridgehead atoms. The van der Waals surface area contributed by atoms with E-state index in [2.05, 4.69) is 4.98 Å². The van der Waals surface area contributed by atoms with E-state index in [9.17, 15) is 14.4 Å². The van der Waals surface area contributed by atoms with Crippen molar-refractivity contribution >= 4 is 11.8 Å². The number of amides is 2. The summed E-state index contributed by atoms with van der Waals surface area (Å²) in [6.45, 7) is 4.02. The van der Waals surface area contributed by atoms with E-state index >= 15 is 0 Å². The molecule has 9 nitrogen and oxygen atoms in total. The molecule has 1 aliphatic rings. The topological polar surface area (TPSA) is 97.9 Å². The Morgan fingerprint density at radius 3 is 2.41 bits per heavy atom. The molecule has 0 spiro atoms. The number of nitrogens with zero attached hydrogens (tertiary/aromatic N) is 4. The first kappa shape index (κ1) is 21.4. The monoisotopic (exact) mass is 436 g/mol. The van der Waals surface area contributed by atoms with Gasteiger partial charge in [0.2, 0.25) is 5.91 Å². The molecule has 1 fully saturated rings. The largest absolute Gasteiger partial charge is 0.494 e. The van der Waals surface area contributed by atoms with Crippen LogP contribution in [0, 0.1) is 0 Å². The van der Waals surface area contributed by atoms with E-state index in [0.29, 0.717) is 38.5 Å². The molecule has 166 valence electrons. The number of hydrogen-bond donors (Lipinski definition) is 0. The maximum Gasteiger partial charge on any atom is 0.289 e. The molecule has 1 aliphatic heterocycles. The van der Waals surface area contributed by atoms with Crippen molar-refractivity contribution in [1.82, 2.24) is 19.4 Å². The molecule has 2 aromatic heterocycles. The van der Waals surface area contributed by atoms with Gasteiger partial charge >= 0.3 is 0 Å². The number of benzene rings is 1. The fraction of sp³-hybridized carbons (Fsp3) is 0.304. The Hall–Kier alpha value is -3.88. The molecule has 1 saturated heterocycles. The van der Waals surface area contributed by atoms with Gasteiger partial charge in [0.1, 0.15) is 12.3 Å². The summed E-state index contributed by atoms with van der Waals surface area (Å²) >= 11 is 0. The average molecular weight is 436 g/mol. The minimum absolute atomic E-state index is 0.0957. The molecule has 3 aromatic rings. The lowest BCUT2D eigenvalue weighted by atomic mass is 10.1. The van der Waals surface area contributed by atoms with E-state index in [1.165, 1.54) is 23.2 Å². The molecule has 0 saturated carbocycles. The lowest BCUT2D eigenvalue weighted by Crippen LogP contribution is -2.51. The van der Waals surface area contributed by atoms with Crippen LogP contribution < -0.4 is 10.3 Å². The average Bonchev–Trinajstić information content (AvgIpc) is 3.36. The third-order valence-electron chi connectivity index (χ3n) is 5.30. The third kappa shape index (κ3) is 4.72. The predicted octanol–water partition coefficient (Wildman–Crippen LogP) is 1.89.